The highest BCUT2D eigenvalue weighted by atomic mass is 32.1. The zero-order chi connectivity index (χ0) is 12.1. The predicted molar refractivity (Wildman–Crippen MR) is 67.1 cm³/mol. The van der Waals surface area contributed by atoms with Gasteiger partial charge >= 0.3 is 0 Å². The van der Waals surface area contributed by atoms with Crippen LogP contribution in [0.1, 0.15) is 16.4 Å². The number of amides is 1. The third kappa shape index (κ3) is 3.53. The molecular formula is C11H12N4OS. The Morgan fingerprint density at radius 2 is 2.59 bits per heavy atom. The van der Waals surface area contributed by atoms with Crippen LogP contribution in [0.3, 0.4) is 0 Å². The number of aryl methyl sites for hydroxylation is 1. The van der Waals surface area contributed by atoms with Crippen molar-refractivity contribution in [3.63, 3.8) is 0 Å². The monoisotopic (exact) mass is 248 g/mol. The maximum atomic E-state index is 11.5. The van der Waals surface area contributed by atoms with Crippen molar-refractivity contribution < 1.29 is 4.79 Å². The number of H-pyrrole nitrogens is 1. The second kappa shape index (κ2) is 5.40. The van der Waals surface area contributed by atoms with Gasteiger partial charge in [0.2, 0.25) is 5.91 Å². The normalized spacial score (nSPS) is 10.9. The molecule has 0 radical (unpaired) electrons. The minimum absolute atomic E-state index is 0.168. The van der Waals surface area contributed by atoms with Crippen LogP contribution >= 0.6 is 11.3 Å². The summed E-state index contributed by atoms with van der Waals surface area (Å²) in [7, 11) is 0. The van der Waals surface area contributed by atoms with Crippen molar-refractivity contribution in [2.45, 2.75) is 13.3 Å². The van der Waals surface area contributed by atoms with Crippen LogP contribution in [0, 0.1) is 6.92 Å². The van der Waals surface area contributed by atoms with E-state index in [1.165, 1.54) is 11.3 Å². The molecule has 0 aliphatic rings. The first kappa shape index (κ1) is 11.5. The number of aromatic nitrogens is 2. The van der Waals surface area contributed by atoms with Crippen LogP contribution in [0.4, 0.5) is 0 Å². The fourth-order valence-corrected chi connectivity index (χ4v) is 1.90. The molecule has 0 unspecified atom stereocenters. The van der Waals surface area contributed by atoms with Crippen LogP contribution in [-0.2, 0) is 11.2 Å². The lowest BCUT2D eigenvalue weighted by atomic mass is 10.3. The zero-order valence-corrected chi connectivity index (χ0v) is 10.1. The number of hydrogen-bond acceptors (Lipinski definition) is 4. The average molecular weight is 248 g/mol. The van der Waals surface area contributed by atoms with Crippen molar-refractivity contribution in [2.24, 2.45) is 5.10 Å². The molecule has 5 nitrogen and oxygen atoms in total. The van der Waals surface area contributed by atoms with Crippen LogP contribution in [0.15, 0.2) is 28.8 Å². The number of hydrazone groups is 1. The molecule has 0 spiro atoms. The van der Waals surface area contributed by atoms with Gasteiger partial charge in [0.05, 0.1) is 29.0 Å². The second-order valence-corrected chi connectivity index (χ2v) is 4.52. The maximum Gasteiger partial charge on any atom is 0.246 e. The lowest BCUT2D eigenvalue weighted by molar-refractivity contribution is -0.120. The van der Waals surface area contributed by atoms with Crippen molar-refractivity contribution in [3.05, 3.63) is 40.1 Å². The summed E-state index contributed by atoms with van der Waals surface area (Å²) < 4.78 is 0. The average Bonchev–Trinajstić information content (AvgIpc) is 2.90. The van der Waals surface area contributed by atoms with Crippen LogP contribution in [-0.4, -0.2) is 22.1 Å². The van der Waals surface area contributed by atoms with Gasteiger partial charge in [-0.25, -0.2) is 10.4 Å². The molecule has 88 valence electrons. The number of aromatic amines is 1. The molecular weight excluding hydrogens is 236 g/mol. The Bertz CT molecular complexity index is 515. The number of thiazole rings is 1. The van der Waals surface area contributed by atoms with E-state index in [-0.39, 0.29) is 12.3 Å². The van der Waals surface area contributed by atoms with E-state index < -0.39 is 0 Å². The summed E-state index contributed by atoms with van der Waals surface area (Å²) in [6.07, 6.45) is 3.61. The van der Waals surface area contributed by atoms with Gasteiger partial charge in [-0.2, -0.15) is 5.10 Å². The minimum Gasteiger partial charge on any atom is -0.360 e. The summed E-state index contributed by atoms with van der Waals surface area (Å²) in [5.41, 5.74) is 4.07. The predicted octanol–water partition coefficient (Wildman–Crippen LogP) is 1.47. The van der Waals surface area contributed by atoms with Crippen LogP contribution in [0.25, 0.3) is 0 Å². The molecule has 6 heteroatoms. The van der Waals surface area contributed by atoms with E-state index >= 15 is 0 Å². The van der Waals surface area contributed by atoms with Crippen LogP contribution in [0.5, 0.6) is 0 Å². The Labute approximate surface area is 103 Å². The second-order valence-electron chi connectivity index (χ2n) is 3.45. The molecule has 0 saturated carbocycles. The maximum absolute atomic E-state index is 11.5. The first-order chi connectivity index (χ1) is 8.24. The molecule has 0 saturated heterocycles. The fourth-order valence-electron chi connectivity index (χ4n) is 1.29. The van der Waals surface area contributed by atoms with Gasteiger partial charge in [0.25, 0.3) is 0 Å². The number of hydrogen-bond donors (Lipinski definition) is 2. The number of carbonyl (C=O) groups is 1. The van der Waals surface area contributed by atoms with E-state index in [9.17, 15) is 4.79 Å². The number of rotatable bonds is 4. The van der Waals surface area contributed by atoms with Gasteiger partial charge in [0.1, 0.15) is 0 Å². The van der Waals surface area contributed by atoms with E-state index in [2.05, 4.69) is 20.5 Å². The highest BCUT2D eigenvalue weighted by molar-refractivity contribution is 7.09. The summed E-state index contributed by atoms with van der Waals surface area (Å²) in [6.45, 7) is 1.91. The highest BCUT2D eigenvalue weighted by Gasteiger charge is 2.04. The van der Waals surface area contributed by atoms with Crippen molar-refractivity contribution >= 4 is 23.5 Å². The van der Waals surface area contributed by atoms with Gasteiger partial charge in [0.15, 0.2) is 0 Å². The van der Waals surface area contributed by atoms with Gasteiger partial charge in [-0.05, 0) is 19.1 Å². The molecule has 17 heavy (non-hydrogen) atoms. The number of nitrogens with zero attached hydrogens (tertiary/aromatic N) is 2. The quantitative estimate of drug-likeness (QED) is 0.635. The molecule has 2 rings (SSSR count). The van der Waals surface area contributed by atoms with E-state index in [1.54, 1.807) is 12.4 Å². The summed E-state index contributed by atoms with van der Waals surface area (Å²) in [6, 6.07) is 3.72. The molecule has 2 N–H and O–H groups in total. The summed E-state index contributed by atoms with van der Waals surface area (Å²) >= 11 is 1.53. The first-order valence-electron chi connectivity index (χ1n) is 5.10. The van der Waals surface area contributed by atoms with Gasteiger partial charge in [-0.1, -0.05) is 0 Å². The van der Waals surface area contributed by atoms with Crippen molar-refractivity contribution in [2.75, 3.05) is 0 Å². The van der Waals surface area contributed by atoms with Crippen molar-refractivity contribution in [1.29, 1.82) is 0 Å². The van der Waals surface area contributed by atoms with E-state index in [4.69, 9.17) is 0 Å². The van der Waals surface area contributed by atoms with Crippen molar-refractivity contribution in [1.82, 2.24) is 15.4 Å². The van der Waals surface area contributed by atoms with Gasteiger partial charge < -0.3 is 4.98 Å². The summed E-state index contributed by atoms with van der Waals surface area (Å²) in [5, 5.41) is 6.68. The van der Waals surface area contributed by atoms with Gasteiger partial charge in [-0.15, -0.1) is 11.3 Å². The Morgan fingerprint density at radius 3 is 3.24 bits per heavy atom. The Kier molecular flexibility index (Phi) is 3.66. The standard InChI is InChI=1S/C11H12N4OS/c1-8-14-10(7-17-8)5-11(16)15-13-6-9-3-2-4-12-9/h2-4,6-7,12H,5H2,1H3,(H,15,16). The highest BCUT2D eigenvalue weighted by Crippen LogP contribution is 2.07. The molecule has 0 aromatic carbocycles. The molecule has 0 aliphatic carbocycles. The van der Waals surface area contributed by atoms with E-state index in [0.29, 0.717) is 0 Å². The van der Waals surface area contributed by atoms with E-state index in [1.807, 2.05) is 24.4 Å². The lowest BCUT2D eigenvalue weighted by Crippen LogP contribution is -2.19. The van der Waals surface area contributed by atoms with Crippen LogP contribution < -0.4 is 5.43 Å². The number of carbonyl (C=O) groups excluding carboxylic acids is 1. The number of nitrogens with one attached hydrogen (secondary N) is 2. The minimum atomic E-state index is -0.168. The molecule has 0 fully saturated rings. The largest absolute Gasteiger partial charge is 0.360 e. The third-order valence-electron chi connectivity index (χ3n) is 2.02. The molecule has 0 bridgehead atoms. The zero-order valence-electron chi connectivity index (χ0n) is 9.30. The first-order valence-corrected chi connectivity index (χ1v) is 5.98. The van der Waals surface area contributed by atoms with Crippen molar-refractivity contribution in [3.8, 4) is 0 Å². The smallest absolute Gasteiger partial charge is 0.246 e. The topological polar surface area (TPSA) is 70.1 Å². The summed E-state index contributed by atoms with van der Waals surface area (Å²) in [4.78, 5) is 18.6. The Morgan fingerprint density at radius 1 is 1.71 bits per heavy atom. The Hall–Kier alpha value is -1.95. The molecule has 2 aromatic heterocycles. The lowest BCUT2D eigenvalue weighted by Gasteiger charge is -1.95. The fraction of sp³-hybridized carbons (Fsp3) is 0.182. The Balaban J connectivity index is 1.82. The molecule has 0 atom stereocenters. The molecule has 2 heterocycles. The van der Waals surface area contributed by atoms with E-state index in [0.717, 1.165) is 16.4 Å². The molecule has 1 amide bonds. The van der Waals surface area contributed by atoms with Crippen LogP contribution in [0.2, 0.25) is 0 Å². The van der Waals surface area contributed by atoms with Gasteiger partial charge in [0, 0.05) is 11.6 Å². The third-order valence-corrected chi connectivity index (χ3v) is 2.85. The molecule has 2 aromatic rings. The SMILES string of the molecule is Cc1nc(CC(=O)NN=Cc2ccc[nH]2)cs1. The summed E-state index contributed by atoms with van der Waals surface area (Å²) in [5.74, 6) is -0.168. The van der Waals surface area contributed by atoms with Gasteiger partial charge in [-0.3, -0.25) is 4.79 Å². The molecule has 0 aliphatic heterocycles.